The van der Waals surface area contributed by atoms with Crippen LogP contribution in [0.15, 0.2) is 30.0 Å². The molecule has 0 bridgehead atoms. The summed E-state index contributed by atoms with van der Waals surface area (Å²) in [6.45, 7) is 0.517. The molecule has 0 saturated heterocycles. The first-order chi connectivity index (χ1) is 7.33. The summed E-state index contributed by atoms with van der Waals surface area (Å²) in [5.74, 6) is -0.0362. The first-order valence-corrected chi connectivity index (χ1v) is 5.50. The fourth-order valence-electron chi connectivity index (χ4n) is 1.36. The molecule has 5 heteroatoms. The summed E-state index contributed by atoms with van der Waals surface area (Å²) in [5, 5.41) is 1.88. The second-order valence-corrected chi connectivity index (χ2v) is 4.02. The van der Waals surface area contributed by atoms with Gasteiger partial charge in [-0.05, 0) is 18.0 Å². The van der Waals surface area contributed by atoms with E-state index < -0.39 is 0 Å². The molecule has 0 saturated carbocycles. The highest BCUT2D eigenvalue weighted by atomic mass is 32.1. The molecule has 15 heavy (non-hydrogen) atoms. The maximum Gasteiger partial charge on any atom is 0.273 e. The molecular weight excluding hydrogens is 210 g/mol. The minimum Gasteiger partial charge on any atom is -0.330 e. The lowest BCUT2D eigenvalue weighted by Gasteiger charge is -2.03. The Hall–Kier alpha value is -1.46. The fraction of sp³-hybridized carbons (Fsp3) is 0.200. The van der Waals surface area contributed by atoms with Gasteiger partial charge in [-0.2, -0.15) is 0 Å². The van der Waals surface area contributed by atoms with E-state index in [-0.39, 0.29) is 5.91 Å². The van der Waals surface area contributed by atoms with Crippen molar-refractivity contribution in [1.82, 2.24) is 9.55 Å². The highest BCUT2D eigenvalue weighted by molar-refractivity contribution is 7.12. The molecule has 0 aliphatic rings. The molecule has 0 aliphatic carbocycles. The molecule has 0 atom stereocenters. The molecule has 78 valence electrons. The van der Waals surface area contributed by atoms with Crippen LogP contribution in [0.2, 0.25) is 0 Å². The predicted molar refractivity (Wildman–Crippen MR) is 59.0 cm³/mol. The molecule has 0 radical (unpaired) electrons. The molecule has 2 rings (SSSR count). The molecular formula is C10H11N3OS. The molecule has 2 N–H and O–H groups in total. The zero-order chi connectivity index (χ0) is 10.7. The van der Waals surface area contributed by atoms with E-state index in [1.165, 1.54) is 17.7 Å². The summed E-state index contributed by atoms with van der Waals surface area (Å²) >= 11 is 1.43. The van der Waals surface area contributed by atoms with Crippen LogP contribution in [0.1, 0.15) is 15.4 Å². The molecule has 0 fully saturated rings. The summed E-state index contributed by atoms with van der Waals surface area (Å²) in [5.41, 5.74) is 6.31. The number of thiophene rings is 1. The van der Waals surface area contributed by atoms with Crippen LogP contribution in [-0.2, 0) is 6.42 Å². The Morgan fingerprint density at radius 3 is 3.13 bits per heavy atom. The van der Waals surface area contributed by atoms with Crippen molar-refractivity contribution in [3.63, 3.8) is 0 Å². The Kier molecular flexibility index (Phi) is 2.94. The largest absolute Gasteiger partial charge is 0.330 e. The number of hydrogen-bond donors (Lipinski definition) is 1. The van der Waals surface area contributed by atoms with Crippen LogP contribution in [0, 0.1) is 0 Å². The van der Waals surface area contributed by atoms with Gasteiger partial charge in [0.15, 0.2) is 0 Å². The normalized spacial score (nSPS) is 10.5. The first kappa shape index (κ1) is 10.1. The maximum atomic E-state index is 12.0. The number of nitrogens with two attached hydrogens (primary N) is 1. The monoisotopic (exact) mass is 221 g/mol. The van der Waals surface area contributed by atoms with Gasteiger partial charge in [0.25, 0.3) is 5.91 Å². The summed E-state index contributed by atoms with van der Waals surface area (Å²) < 4.78 is 1.55. The topological polar surface area (TPSA) is 60.9 Å². The van der Waals surface area contributed by atoms with E-state index in [9.17, 15) is 4.79 Å². The number of hydrogen-bond acceptors (Lipinski definition) is 4. The minimum atomic E-state index is -0.0362. The van der Waals surface area contributed by atoms with E-state index in [1.54, 1.807) is 16.8 Å². The van der Waals surface area contributed by atoms with Crippen molar-refractivity contribution in [2.75, 3.05) is 6.54 Å². The minimum absolute atomic E-state index is 0.0362. The lowest BCUT2D eigenvalue weighted by atomic mass is 10.3. The third kappa shape index (κ3) is 1.98. The van der Waals surface area contributed by atoms with Gasteiger partial charge in [-0.1, -0.05) is 6.07 Å². The summed E-state index contributed by atoms with van der Waals surface area (Å²) in [6, 6.07) is 3.66. The third-order valence-corrected chi connectivity index (χ3v) is 2.92. The molecule has 0 aliphatic heterocycles. The van der Waals surface area contributed by atoms with Crippen molar-refractivity contribution in [2.45, 2.75) is 6.42 Å². The second-order valence-electron chi connectivity index (χ2n) is 3.08. The number of rotatable bonds is 3. The Morgan fingerprint density at radius 1 is 1.60 bits per heavy atom. The van der Waals surface area contributed by atoms with Crippen LogP contribution >= 0.6 is 11.3 Å². The van der Waals surface area contributed by atoms with Crippen LogP contribution in [0.5, 0.6) is 0 Å². The predicted octanol–water partition coefficient (Wildman–Crippen LogP) is 1.13. The van der Waals surface area contributed by atoms with Crippen molar-refractivity contribution in [2.24, 2.45) is 5.73 Å². The molecule has 4 nitrogen and oxygen atoms in total. The van der Waals surface area contributed by atoms with Crippen LogP contribution in [-0.4, -0.2) is 22.0 Å². The van der Waals surface area contributed by atoms with E-state index in [2.05, 4.69) is 4.98 Å². The zero-order valence-electron chi connectivity index (χ0n) is 8.09. The van der Waals surface area contributed by atoms with E-state index in [1.807, 2.05) is 11.4 Å². The first-order valence-electron chi connectivity index (χ1n) is 4.62. The number of carbonyl (C=O) groups is 1. The van der Waals surface area contributed by atoms with Gasteiger partial charge in [0.1, 0.15) is 6.33 Å². The summed E-state index contributed by atoms with van der Waals surface area (Å²) in [7, 11) is 0. The van der Waals surface area contributed by atoms with Gasteiger partial charge < -0.3 is 5.73 Å². The smallest absolute Gasteiger partial charge is 0.273 e. The second kappa shape index (κ2) is 4.37. The van der Waals surface area contributed by atoms with Crippen LogP contribution < -0.4 is 5.73 Å². The third-order valence-electron chi connectivity index (χ3n) is 2.07. The van der Waals surface area contributed by atoms with Crippen LogP contribution in [0.3, 0.4) is 0 Å². The fourth-order valence-corrected chi connectivity index (χ4v) is 2.02. The van der Waals surface area contributed by atoms with Gasteiger partial charge in [-0.3, -0.25) is 9.36 Å². The van der Waals surface area contributed by atoms with Gasteiger partial charge in [-0.15, -0.1) is 11.3 Å². The van der Waals surface area contributed by atoms with Crippen LogP contribution in [0.25, 0.3) is 0 Å². The standard InChI is InChI=1S/C10H11N3OS/c11-4-3-8-6-12-7-13(8)10(14)9-2-1-5-15-9/h1-2,5-7H,3-4,11H2. The maximum absolute atomic E-state index is 12.0. The molecule has 0 spiro atoms. The van der Waals surface area contributed by atoms with E-state index in [4.69, 9.17) is 5.73 Å². The van der Waals surface area contributed by atoms with E-state index in [0.717, 1.165) is 5.69 Å². The number of aromatic nitrogens is 2. The number of imidazole rings is 1. The molecule has 0 aromatic carbocycles. The Morgan fingerprint density at radius 2 is 2.47 bits per heavy atom. The number of nitrogens with zero attached hydrogens (tertiary/aromatic N) is 2. The average molecular weight is 221 g/mol. The molecule has 2 aromatic rings. The van der Waals surface area contributed by atoms with Gasteiger partial charge in [0.2, 0.25) is 0 Å². The number of carbonyl (C=O) groups excluding carboxylic acids is 1. The summed E-state index contributed by atoms with van der Waals surface area (Å²) in [4.78, 5) is 16.6. The van der Waals surface area contributed by atoms with Crippen molar-refractivity contribution in [1.29, 1.82) is 0 Å². The highest BCUT2D eigenvalue weighted by Gasteiger charge is 2.12. The van der Waals surface area contributed by atoms with Crippen molar-refractivity contribution >= 4 is 17.2 Å². The lowest BCUT2D eigenvalue weighted by Crippen LogP contribution is -2.15. The molecule has 2 heterocycles. The van der Waals surface area contributed by atoms with Gasteiger partial charge >= 0.3 is 0 Å². The average Bonchev–Trinajstić information content (AvgIpc) is 2.87. The van der Waals surface area contributed by atoms with Crippen LogP contribution in [0.4, 0.5) is 0 Å². The van der Waals surface area contributed by atoms with Gasteiger partial charge in [0, 0.05) is 18.3 Å². The molecule has 0 unspecified atom stereocenters. The van der Waals surface area contributed by atoms with Gasteiger partial charge in [-0.25, -0.2) is 4.98 Å². The summed E-state index contributed by atoms with van der Waals surface area (Å²) in [6.07, 6.45) is 3.88. The lowest BCUT2D eigenvalue weighted by molar-refractivity contribution is 0.0961. The van der Waals surface area contributed by atoms with Crippen molar-refractivity contribution in [3.8, 4) is 0 Å². The van der Waals surface area contributed by atoms with E-state index in [0.29, 0.717) is 17.8 Å². The van der Waals surface area contributed by atoms with Crippen molar-refractivity contribution < 1.29 is 4.79 Å². The Balaban J connectivity index is 2.29. The van der Waals surface area contributed by atoms with Gasteiger partial charge in [0.05, 0.1) is 4.88 Å². The Labute approximate surface area is 91.4 Å². The zero-order valence-corrected chi connectivity index (χ0v) is 8.91. The quantitative estimate of drug-likeness (QED) is 0.845. The Bertz CT molecular complexity index is 447. The highest BCUT2D eigenvalue weighted by Crippen LogP contribution is 2.12. The SMILES string of the molecule is NCCc1cncn1C(=O)c1cccs1. The molecule has 0 amide bonds. The van der Waals surface area contributed by atoms with E-state index >= 15 is 0 Å². The molecule has 2 aromatic heterocycles. The van der Waals surface area contributed by atoms with Crippen molar-refractivity contribution in [3.05, 3.63) is 40.6 Å².